The summed E-state index contributed by atoms with van der Waals surface area (Å²) in [6.07, 6.45) is 1.99. The Morgan fingerprint density at radius 2 is 1.85 bits per heavy atom. The minimum atomic E-state index is -2.33. The third kappa shape index (κ3) is 5.14. The summed E-state index contributed by atoms with van der Waals surface area (Å²) in [7, 11) is 1.39. The molecule has 0 spiro atoms. The van der Waals surface area contributed by atoms with Crippen molar-refractivity contribution in [1.29, 1.82) is 0 Å². The summed E-state index contributed by atoms with van der Waals surface area (Å²) in [4.78, 5) is 0. The molecule has 78 valence electrons. The molecule has 0 N–H and O–H groups in total. The van der Waals surface area contributed by atoms with Gasteiger partial charge in [0.25, 0.3) is 0 Å². The molecule has 0 aromatic heterocycles. The molecule has 2 radical (unpaired) electrons. The first-order valence-corrected chi connectivity index (χ1v) is 8.13. The van der Waals surface area contributed by atoms with E-state index in [0.717, 1.165) is 18.9 Å². The van der Waals surface area contributed by atoms with Gasteiger partial charge < -0.3 is 13.0 Å². The van der Waals surface area contributed by atoms with Crippen LogP contribution >= 0.6 is 11.6 Å². The molecule has 0 aromatic carbocycles. The van der Waals surface area contributed by atoms with Gasteiger partial charge in [0.05, 0.1) is 0 Å². The largest absolute Gasteiger partial charge is 0.489 e. The molecular weight excluding hydrogens is 224 g/mol. The monoisotopic (exact) mass is 240 g/mol. The SMILES string of the molecule is CO[Si](CCCCCl)(OC)O[Si]C. The van der Waals surface area contributed by atoms with E-state index in [-0.39, 0.29) is 0 Å². The van der Waals surface area contributed by atoms with Crippen LogP contribution < -0.4 is 0 Å². The van der Waals surface area contributed by atoms with Crippen LogP contribution in [0.5, 0.6) is 0 Å². The van der Waals surface area contributed by atoms with Crippen LogP contribution in [0, 0.1) is 0 Å². The van der Waals surface area contributed by atoms with E-state index >= 15 is 0 Å². The Morgan fingerprint density at radius 1 is 1.23 bits per heavy atom. The summed E-state index contributed by atoms with van der Waals surface area (Å²) < 4.78 is 16.2. The van der Waals surface area contributed by atoms with Gasteiger partial charge in [-0.3, -0.25) is 0 Å². The van der Waals surface area contributed by atoms with Gasteiger partial charge in [0, 0.05) is 26.1 Å². The van der Waals surface area contributed by atoms with Crippen LogP contribution in [0.1, 0.15) is 12.8 Å². The van der Waals surface area contributed by atoms with Crippen LogP contribution in [-0.4, -0.2) is 38.7 Å². The quantitative estimate of drug-likeness (QED) is 0.369. The van der Waals surface area contributed by atoms with Gasteiger partial charge in [-0.15, -0.1) is 11.6 Å². The highest BCUT2D eigenvalue weighted by molar-refractivity contribution is 6.65. The maximum Gasteiger partial charge on any atom is 0.489 e. The second-order valence-corrected chi connectivity index (χ2v) is 6.83. The summed E-state index contributed by atoms with van der Waals surface area (Å²) >= 11 is 5.59. The third-order valence-corrected chi connectivity index (χ3v) is 6.28. The Balaban J connectivity index is 3.89. The van der Waals surface area contributed by atoms with Crippen molar-refractivity contribution < 1.29 is 13.0 Å². The number of hydrogen-bond donors (Lipinski definition) is 0. The lowest BCUT2D eigenvalue weighted by Crippen LogP contribution is -2.44. The van der Waals surface area contributed by atoms with E-state index in [1.807, 2.05) is 6.55 Å². The smallest absolute Gasteiger partial charge is 0.415 e. The molecule has 13 heavy (non-hydrogen) atoms. The highest BCUT2D eigenvalue weighted by Crippen LogP contribution is 2.16. The molecular formula is C7H17ClO3Si2. The van der Waals surface area contributed by atoms with Gasteiger partial charge in [-0.05, 0) is 19.4 Å². The fourth-order valence-corrected chi connectivity index (χ4v) is 4.78. The van der Waals surface area contributed by atoms with Gasteiger partial charge in [-0.2, -0.15) is 0 Å². The zero-order valence-electron chi connectivity index (χ0n) is 8.43. The topological polar surface area (TPSA) is 27.7 Å². The molecule has 0 fully saturated rings. The van der Waals surface area contributed by atoms with E-state index in [1.165, 1.54) is 0 Å². The van der Waals surface area contributed by atoms with Gasteiger partial charge in [0.1, 0.15) is 0 Å². The van der Waals surface area contributed by atoms with Crippen molar-refractivity contribution in [2.75, 3.05) is 20.1 Å². The maximum absolute atomic E-state index is 5.59. The highest BCUT2D eigenvalue weighted by atomic mass is 35.5. The predicted octanol–water partition coefficient (Wildman–Crippen LogP) is 1.92. The van der Waals surface area contributed by atoms with Crippen LogP contribution in [0.4, 0.5) is 0 Å². The zero-order chi connectivity index (χ0) is 10.2. The minimum Gasteiger partial charge on any atom is -0.415 e. The second kappa shape index (κ2) is 7.96. The van der Waals surface area contributed by atoms with Gasteiger partial charge >= 0.3 is 8.80 Å². The normalized spacial score (nSPS) is 12.0. The van der Waals surface area contributed by atoms with Gasteiger partial charge in [0.15, 0.2) is 0 Å². The number of halogens is 1. The van der Waals surface area contributed by atoms with Crippen molar-refractivity contribution in [3.63, 3.8) is 0 Å². The second-order valence-electron chi connectivity index (χ2n) is 2.54. The molecule has 0 amide bonds. The molecule has 0 aliphatic rings. The Kier molecular flexibility index (Phi) is 8.33. The first kappa shape index (κ1) is 13.6. The number of hydrogen-bond acceptors (Lipinski definition) is 3. The molecule has 0 unspecified atom stereocenters. The Morgan fingerprint density at radius 3 is 2.23 bits per heavy atom. The zero-order valence-corrected chi connectivity index (χ0v) is 11.2. The molecule has 0 rings (SSSR count). The summed E-state index contributed by atoms with van der Waals surface area (Å²) in [6.45, 7) is 1.97. The maximum atomic E-state index is 5.59. The molecule has 0 aliphatic heterocycles. The fraction of sp³-hybridized carbons (Fsp3) is 1.00. The van der Waals surface area contributed by atoms with E-state index in [4.69, 9.17) is 24.6 Å². The first-order valence-electron chi connectivity index (χ1n) is 4.25. The summed E-state index contributed by atoms with van der Waals surface area (Å²) in [6, 6.07) is 0.855. The lowest BCUT2D eigenvalue weighted by atomic mass is 10.4. The standard InChI is InChI=1S/C7H17ClO3Si2/c1-9-13(10-2,11-12-3)7-5-4-6-8/h4-7H2,1-3H3. The third-order valence-electron chi connectivity index (χ3n) is 1.75. The molecule has 0 bridgehead atoms. The molecule has 0 saturated heterocycles. The molecule has 0 saturated carbocycles. The Labute approximate surface area is 89.0 Å². The van der Waals surface area contributed by atoms with Crippen molar-refractivity contribution in [2.45, 2.75) is 25.4 Å². The highest BCUT2D eigenvalue weighted by Gasteiger charge is 2.37. The van der Waals surface area contributed by atoms with Crippen molar-refractivity contribution in [3.8, 4) is 0 Å². The summed E-state index contributed by atoms with van der Waals surface area (Å²) in [5.41, 5.74) is 0. The molecule has 6 heteroatoms. The summed E-state index contributed by atoms with van der Waals surface area (Å²) in [5.74, 6) is 0.687. The lowest BCUT2D eigenvalue weighted by Gasteiger charge is -2.25. The molecule has 0 aromatic rings. The Bertz CT molecular complexity index is 122. The van der Waals surface area contributed by atoms with Crippen molar-refractivity contribution in [1.82, 2.24) is 0 Å². The van der Waals surface area contributed by atoms with E-state index in [2.05, 4.69) is 0 Å². The number of alkyl halides is 1. The molecule has 0 aliphatic carbocycles. The average Bonchev–Trinajstić information content (AvgIpc) is 2.17. The predicted molar refractivity (Wildman–Crippen MR) is 57.2 cm³/mol. The lowest BCUT2D eigenvalue weighted by molar-refractivity contribution is 0.163. The van der Waals surface area contributed by atoms with Crippen molar-refractivity contribution in [2.24, 2.45) is 0 Å². The Hall–Kier alpha value is 0.604. The van der Waals surface area contributed by atoms with Crippen LogP contribution in [0.3, 0.4) is 0 Å². The summed E-state index contributed by atoms with van der Waals surface area (Å²) in [5, 5.41) is 0. The van der Waals surface area contributed by atoms with Crippen LogP contribution in [0.25, 0.3) is 0 Å². The van der Waals surface area contributed by atoms with Gasteiger partial charge in [0.2, 0.25) is 9.76 Å². The van der Waals surface area contributed by atoms with E-state index < -0.39 is 8.80 Å². The van der Waals surface area contributed by atoms with Gasteiger partial charge in [-0.25, -0.2) is 0 Å². The van der Waals surface area contributed by atoms with Crippen molar-refractivity contribution in [3.05, 3.63) is 0 Å². The average molecular weight is 241 g/mol. The number of unbranched alkanes of at least 4 members (excludes halogenated alkanes) is 1. The van der Waals surface area contributed by atoms with E-state index in [0.29, 0.717) is 15.6 Å². The molecule has 3 nitrogen and oxygen atoms in total. The van der Waals surface area contributed by atoms with Crippen LogP contribution in [0.2, 0.25) is 12.6 Å². The van der Waals surface area contributed by atoms with Crippen LogP contribution in [0.15, 0.2) is 0 Å². The molecule has 0 heterocycles. The van der Waals surface area contributed by atoms with Crippen molar-refractivity contribution >= 4 is 30.2 Å². The van der Waals surface area contributed by atoms with E-state index in [1.54, 1.807) is 14.2 Å². The van der Waals surface area contributed by atoms with E-state index in [9.17, 15) is 0 Å². The number of rotatable bonds is 8. The molecule has 0 atom stereocenters. The van der Waals surface area contributed by atoms with Gasteiger partial charge in [-0.1, -0.05) is 0 Å². The minimum absolute atomic E-state index is 0.413. The van der Waals surface area contributed by atoms with Crippen LogP contribution in [-0.2, 0) is 13.0 Å². The first-order chi connectivity index (χ1) is 6.24. The fourth-order valence-electron chi connectivity index (χ4n) is 1.01.